The van der Waals surface area contributed by atoms with Crippen LogP contribution in [-0.2, 0) is 6.61 Å². The molecule has 0 spiro atoms. The zero-order valence-corrected chi connectivity index (χ0v) is 9.91. The average Bonchev–Trinajstić information content (AvgIpc) is 2.34. The van der Waals surface area contributed by atoms with Crippen LogP contribution in [0.5, 0.6) is 5.75 Å². The number of ether oxygens (including phenoxy) is 1. The zero-order valence-electron chi connectivity index (χ0n) is 9.91. The molecule has 4 heteroatoms. The van der Waals surface area contributed by atoms with Gasteiger partial charge in [0.2, 0.25) is 0 Å². The summed E-state index contributed by atoms with van der Waals surface area (Å²) in [7, 11) is 0. The highest BCUT2D eigenvalue weighted by Crippen LogP contribution is 2.20. The first-order valence-corrected chi connectivity index (χ1v) is 5.49. The topological polar surface area (TPSA) is 35.2 Å². The monoisotopic (exact) mass is 249 g/mol. The van der Waals surface area contributed by atoms with Crippen LogP contribution in [-0.4, -0.2) is 0 Å². The van der Waals surface area contributed by atoms with E-state index < -0.39 is 5.82 Å². The lowest BCUT2D eigenvalue weighted by Gasteiger charge is -2.09. The van der Waals surface area contributed by atoms with Gasteiger partial charge in [-0.15, -0.1) is 0 Å². The number of halogens is 2. The maximum atomic E-state index is 13.2. The van der Waals surface area contributed by atoms with Crippen molar-refractivity contribution in [3.63, 3.8) is 0 Å². The molecule has 94 valence electrons. The van der Waals surface area contributed by atoms with E-state index in [4.69, 9.17) is 10.5 Å². The Bertz CT molecular complexity index is 570. The third kappa shape index (κ3) is 2.77. The van der Waals surface area contributed by atoms with Crippen LogP contribution in [0.3, 0.4) is 0 Å². The van der Waals surface area contributed by atoms with E-state index in [0.29, 0.717) is 11.3 Å². The standard InChI is InChI=1S/C14H13F2NO/c1-9-2-4-11(15)7-14(9)18-8-10-3-5-13(17)12(16)6-10/h2-7H,8,17H2,1H3. The third-order valence-corrected chi connectivity index (χ3v) is 2.61. The predicted molar refractivity (Wildman–Crippen MR) is 66.3 cm³/mol. The summed E-state index contributed by atoms with van der Waals surface area (Å²) in [4.78, 5) is 0. The van der Waals surface area contributed by atoms with Crippen LogP contribution in [0.25, 0.3) is 0 Å². The number of anilines is 1. The van der Waals surface area contributed by atoms with E-state index in [9.17, 15) is 8.78 Å². The molecule has 0 aliphatic carbocycles. The van der Waals surface area contributed by atoms with E-state index in [-0.39, 0.29) is 18.1 Å². The summed E-state index contributed by atoms with van der Waals surface area (Å²) >= 11 is 0. The van der Waals surface area contributed by atoms with Crippen molar-refractivity contribution >= 4 is 5.69 Å². The average molecular weight is 249 g/mol. The van der Waals surface area contributed by atoms with Crippen molar-refractivity contribution in [2.45, 2.75) is 13.5 Å². The molecule has 0 aliphatic rings. The summed E-state index contributed by atoms with van der Waals surface area (Å²) < 4.78 is 31.7. The van der Waals surface area contributed by atoms with Gasteiger partial charge in [-0.25, -0.2) is 8.78 Å². The molecule has 0 saturated carbocycles. The fourth-order valence-electron chi connectivity index (χ4n) is 1.55. The van der Waals surface area contributed by atoms with Crippen LogP contribution in [0.4, 0.5) is 14.5 Å². The normalized spacial score (nSPS) is 10.4. The first kappa shape index (κ1) is 12.4. The van der Waals surface area contributed by atoms with Gasteiger partial charge in [0.25, 0.3) is 0 Å². The van der Waals surface area contributed by atoms with Crippen LogP contribution in [0.2, 0.25) is 0 Å². The second kappa shape index (κ2) is 5.04. The first-order chi connectivity index (χ1) is 8.56. The van der Waals surface area contributed by atoms with Crippen molar-refractivity contribution in [2.24, 2.45) is 0 Å². The zero-order chi connectivity index (χ0) is 13.1. The second-order valence-corrected chi connectivity index (χ2v) is 4.05. The maximum Gasteiger partial charge on any atom is 0.146 e. The summed E-state index contributed by atoms with van der Waals surface area (Å²) in [5.41, 5.74) is 6.94. The van der Waals surface area contributed by atoms with Gasteiger partial charge in [-0.2, -0.15) is 0 Å². The molecule has 0 fully saturated rings. The van der Waals surface area contributed by atoms with Gasteiger partial charge in [-0.3, -0.25) is 0 Å². The molecule has 0 atom stereocenters. The molecule has 2 N–H and O–H groups in total. The molecular weight excluding hydrogens is 236 g/mol. The van der Waals surface area contributed by atoms with Gasteiger partial charge in [0.05, 0.1) is 5.69 Å². The van der Waals surface area contributed by atoms with Gasteiger partial charge in [-0.05, 0) is 36.2 Å². The molecule has 0 heterocycles. The Hall–Kier alpha value is -2.10. The number of nitrogens with two attached hydrogens (primary N) is 1. The van der Waals surface area contributed by atoms with Gasteiger partial charge in [0.1, 0.15) is 24.0 Å². The number of aryl methyl sites for hydroxylation is 1. The Kier molecular flexibility index (Phi) is 3.46. The smallest absolute Gasteiger partial charge is 0.146 e. The predicted octanol–water partition coefficient (Wildman–Crippen LogP) is 3.43. The van der Waals surface area contributed by atoms with E-state index >= 15 is 0 Å². The van der Waals surface area contributed by atoms with E-state index in [0.717, 1.165) is 5.56 Å². The van der Waals surface area contributed by atoms with Crippen molar-refractivity contribution in [1.29, 1.82) is 0 Å². The molecule has 2 nitrogen and oxygen atoms in total. The number of nitrogen functional groups attached to an aromatic ring is 1. The van der Waals surface area contributed by atoms with Crippen molar-refractivity contribution in [1.82, 2.24) is 0 Å². The summed E-state index contributed by atoms with van der Waals surface area (Å²) in [6, 6.07) is 8.77. The molecule has 2 aromatic rings. The molecule has 0 bridgehead atoms. The van der Waals surface area contributed by atoms with Gasteiger partial charge in [0, 0.05) is 6.07 Å². The summed E-state index contributed by atoms with van der Waals surface area (Å²) in [5.74, 6) is -0.390. The molecule has 0 saturated heterocycles. The molecule has 0 amide bonds. The fourth-order valence-corrected chi connectivity index (χ4v) is 1.55. The highest BCUT2D eigenvalue weighted by atomic mass is 19.1. The molecule has 0 aliphatic heterocycles. The molecule has 0 radical (unpaired) electrons. The van der Waals surface area contributed by atoms with Crippen LogP contribution < -0.4 is 10.5 Å². The van der Waals surface area contributed by atoms with E-state index in [1.54, 1.807) is 12.1 Å². The molecule has 18 heavy (non-hydrogen) atoms. The van der Waals surface area contributed by atoms with Crippen LogP contribution in [0, 0.1) is 18.6 Å². The van der Waals surface area contributed by atoms with Crippen molar-refractivity contribution < 1.29 is 13.5 Å². The van der Waals surface area contributed by atoms with Crippen LogP contribution in [0.15, 0.2) is 36.4 Å². The second-order valence-electron chi connectivity index (χ2n) is 4.05. The Morgan fingerprint density at radius 1 is 1.11 bits per heavy atom. The highest BCUT2D eigenvalue weighted by molar-refractivity contribution is 5.41. The largest absolute Gasteiger partial charge is 0.489 e. The fraction of sp³-hybridized carbons (Fsp3) is 0.143. The molecular formula is C14H13F2NO. The Labute approximate surface area is 104 Å². The maximum absolute atomic E-state index is 13.2. The Morgan fingerprint density at radius 3 is 2.61 bits per heavy atom. The van der Waals surface area contributed by atoms with Gasteiger partial charge < -0.3 is 10.5 Å². The lowest BCUT2D eigenvalue weighted by Crippen LogP contribution is -1.99. The van der Waals surface area contributed by atoms with E-state index in [1.165, 1.54) is 24.3 Å². The van der Waals surface area contributed by atoms with Crippen LogP contribution >= 0.6 is 0 Å². The summed E-state index contributed by atoms with van der Waals surface area (Å²) in [5, 5.41) is 0. The number of hydrogen-bond acceptors (Lipinski definition) is 2. The minimum absolute atomic E-state index is 0.0979. The number of rotatable bonds is 3. The Balaban J connectivity index is 2.11. The molecule has 0 aromatic heterocycles. The van der Waals surface area contributed by atoms with Crippen molar-refractivity contribution in [3.8, 4) is 5.75 Å². The van der Waals surface area contributed by atoms with E-state index in [2.05, 4.69) is 0 Å². The lowest BCUT2D eigenvalue weighted by molar-refractivity contribution is 0.302. The summed E-state index contributed by atoms with van der Waals surface area (Å²) in [6.07, 6.45) is 0. The molecule has 2 aromatic carbocycles. The molecule has 0 unspecified atom stereocenters. The third-order valence-electron chi connectivity index (χ3n) is 2.61. The quantitative estimate of drug-likeness (QED) is 0.846. The minimum atomic E-state index is -0.480. The Morgan fingerprint density at radius 2 is 1.89 bits per heavy atom. The number of hydrogen-bond donors (Lipinski definition) is 1. The van der Waals surface area contributed by atoms with Gasteiger partial charge in [-0.1, -0.05) is 12.1 Å². The molecule has 2 rings (SSSR count). The van der Waals surface area contributed by atoms with Crippen molar-refractivity contribution in [3.05, 3.63) is 59.2 Å². The number of benzene rings is 2. The van der Waals surface area contributed by atoms with Crippen molar-refractivity contribution in [2.75, 3.05) is 5.73 Å². The summed E-state index contributed by atoms with van der Waals surface area (Å²) in [6.45, 7) is 1.99. The SMILES string of the molecule is Cc1ccc(F)cc1OCc1ccc(N)c(F)c1. The highest BCUT2D eigenvalue weighted by Gasteiger charge is 2.04. The lowest BCUT2D eigenvalue weighted by atomic mass is 10.2. The first-order valence-electron chi connectivity index (χ1n) is 5.49. The van der Waals surface area contributed by atoms with E-state index in [1.807, 2.05) is 6.92 Å². The van der Waals surface area contributed by atoms with Gasteiger partial charge in [0.15, 0.2) is 0 Å². The van der Waals surface area contributed by atoms with Crippen LogP contribution in [0.1, 0.15) is 11.1 Å². The minimum Gasteiger partial charge on any atom is -0.489 e. The van der Waals surface area contributed by atoms with Gasteiger partial charge >= 0.3 is 0 Å².